The molecule has 4 heteroatoms. The van der Waals surface area contributed by atoms with E-state index in [1.807, 2.05) is 0 Å². The van der Waals surface area contributed by atoms with Crippen LogP contribution in [0.4, 0.5) is 0 Å². The monoisotopic (exact) mass is 324 g/mol. The molecular formula is C18H29ClN2O. The summed E-state index contributed by atoms with van der Waals surface area (Å²) in [6.45, 7) is 8.53. The first-order valence-corrected chi connectivity index (χ1v) is 8.11. The molecule has 1 aliphatic heterocycles. The fourth-order valence-electron chi connectivity index (χ4n) is 3.10. The van der Waals surface area contributed by atoms with Gasteiger partial charge in [0.15, 0.2) is 0 Å². The van der Waals surface area contributed by atoms with E-state index in [1.54, 1.807) is 0 Å². The van der Waals surface area contributed by atoms with Gasteiger partial charge in [0.05, 0.1) is 0 Å². The van der Waals surface area contributed by atoms with E-state index in [0.717, 1.165) is 25.9 Å². The summed E-state index contributed by atoms with van der Waals surface area (Å²) in [6.07, 6.45) is 3.78. The first-order chi connectivity index (χ1) is 10.0. The Morgan fingerprint density at radius 3 is 2.82 bits per heavy atom. The Labute approximate surface area is 140 Å². The van der Waals surface area contributed by atoms with Gasteiger partial charge in [0.1, 0.15) is 0 Å². The molecule has 1 heterocycles. The Balaban J connectivity index is 0.00000242. The van der Waals surface area contributed by atoms with Crippen molar-refractivity contribution in [3.8, 4) is 0 Å². The highest BCUT2D eigenvalue weighted by Gasteiger charge is 2.16. The predicted molar refractivity (Wildman–Crippen MR) is 94.7 cm³/mol. The van der Waals surface area contributed by atoms with Crippen LogP contribution in [0.25, 0.3) is 0 Å². The second-order valence-corrected chi connectivity index (χ2v) is 6.50. The number of nitrogens with one attached hydrogen (secondary N) is 2. The number of halogens is 1. The fraction of sp³-hybridized carbons (Fsp3) is 0.611. The predicted octanol–water partition coefficient (Wildman–Crippen LogP) is 3.16. The highest BCUT2D eigenvalue weighted by Crippen LogP contribution is 2.15. The zero-order chi connectivity index (χ0) is 15.2. The van der Waals surface area contributed by atoms with Gasteiger partial charge in [-0.05, 0) is 70.2 Å². The third kappa shape index (κ3) is 5.98. The molecule has 0 aliphatic carbocycles. The van der Waals surface area contributed by atoms with E-state index >= 15 is 0 Å². The lowest BCUT2D eigenvalue weighted by Gasteiger charge is -2.16. The van der Waals surface area contributed by atoms with Gasteiger partial charge in [-0.25, -0.2) is 0 Å². The van der Waals surface area contributed by atoms with Crippen LogP contribution >= 0.6 is 12.4 Å². The number of carbonyl (C=O) groups excluding carboxylic acids is 1. The van der Waals surface area contributed by atoms with Crippen LogP contribution in [-0.2, 0) is 11.2 Å². The largest absolute Gasteiger partial charge is 0.353 e. The van der Waals surface area contributed by atoms with Gasteiger partial charge in [0.25, 0.3) is 0 Å². The van der Waals surface area contributed by atoms with Gasteiger partial charge in [0.2, 0.25) is 5.91 Å². The second-order valence-electron chi connectivity index (χ2n) is 6.50. The van der Waals surface area contributed by atoms with E-state index in [2.05, 4.69) is 49.6 Å². The van der Waals surface area contributed by atoms with Crippen LogP contribution in [0.1, 0.15) is 42.9 Å². The van der Waals surface area contributed by atoms with Gasteiger partial charge in [-0.2, -0.15) is 0 Å². The minimum atomic E-state index is 0. The molecule has 1 aromatic carbocycles. The average molecular weight is 325 g/mol. The number of aryl methyl sites for hydroxylation is 2. The minimum Gasteiger partial charge on any atom is -0.353 e. The molecule has 1 amide bonds. The molecule has 0 aromatic heterocycles. The number of carbonyl (C=O) groups is 1. The van der Waals surface area contributed by atoms with E-state index < -0.39 is 0 Å². The van der Waals surface area contributed by atoms with Gasteiger partial charge >= 0.3 is 0 Å². The maximum Gasteiger partial charge on any atom is 0.220 e. The maximum absolute atomic E-state index is 12.0. The van der Waals surface area contributed by atoms with Crippen LogP contribution in [-0.4, -0.2) is 25.0 Å². The molecule has 2 N–H and O–H groups in total. The summed E-state index contributed by atoms with van der Waals surface area (Å²) in [7, 11) is 0. The van der Waals surface area contributed by atoms with Crippen LogP contribution < -0.4 is 10.6 Å². The summed E-state index contributed by atoms with van der Waals surface area (Å²) in [6, 6.07) is 6.72. The molecule has 0 bridgehead atoms. The molecule has 2 unspecified atom stereocenters. The van der Waals surface area contributed by atoms with E-state index in [-0.39, 0.29) is 24.4 Å². The Hall–Kier alpha value is -1.06. The molecule has 1 fully saturated rings. The second kappa shape index (κ2) is 9.16. The quantitative estimate of drug-likeness (QED) is 0.844. The Morgan fingerprint density at radius 2 is 2.18 bits per heavy atom. The SMILES string of the molecule is Cc1ccc(CC(C)NC(=O)CCC2CCNC2)c(C)c1.Cl. The summed E-state index contributed by atoms with van der Waals surface area (Å²) in [5, 5.41) is 6.48. The Morgan fingerprint density at radius 1 is 1.41 bits per heavy atom. The van der Waals surface area contributed by atoms with Crippen molar-refractivity contribution in [1.82, 2.24) is 10.6 Å². The van der Waals surface area contributed by atoms with Crippen molar-refractivity contribution in [2.75, 3.05) is 13.1 Å². The standard InChI is InChI=1S/C18H28N2O.ClH/c1-13-4-6-17(14(2)10-13)11-15(3)20-18(21)7-5-16-8-9-19-12-16;/h4,6,10,15-16,19H,5,7-9,11-12H2,1-3H3,(H,20,21);1H. The number of hydrogen-bond acceptors (Lipinski definition) is 2. The van der Waals surface area contributed by atoms with Crippen molar-refractivity contribution in [2.24, 2.45) is 5.92 Å². The van der Waals surface area contributed by atoms with Crippen molar-refractivity contribution in [3.63, 3.8) is 0 Å². The van der Waals surface area contributed by atoms with Crippen LogP contribution in [0.3, 0.4) is 0 Å². The molecule has 1 saturated heterocycles. The summed E-state index contributed by atoms with van der Waals surface area (Å²) in [5.74, 6) is 0.879. The van der Waals surface area contributed by atoms with Crippen molar-refractivity contribution in [3.05, 3.63) is 34.9 Å². The van der Waals surface area contributed by atoms with Crippen LogP contribution in [0.5, 0.6) is 0 Å². The Bertz CT molecular complexity index is 484. The van der Waals surface area contributed by atoms with Crippen molar-refractivity contribution < 1.29 is 4.79 Å². The normalized spacial score (nSPS) is 18.6. The van der Waals surface area contributed by atoms with Gasteiger partial charge in [-0.1, -0.05) is 23.8 Å². The van der Waals surface area contributed by atoms with Crippen LogP contribution in [0, 0.1) is 19.8 Å². The van der Waals surface area contributed by atoms with E-state index in [4.69, 9.17) is 0 Å². The molecule has 1 aromatic rings. The highest BCUT2D eigenvalue weighted by atomic mass is 35.5. The third-order valence-electron chi connectivity index (χ3n) is 4.37. The van der Waals surface area contributed by atoms with E-state index in [1.165, 1.54) is 23.1 Å². The molecular weight excluding hydrogens is 296 g/mol. The number of hydrogen-bond donors (Lipinski definition) is 2. The zero-order valence-electron chi connectivity index (χ0n) is 13.9. The van der Waals surface area contributed by atoms with Crippen molar-refractivity contribution >= 4 is 18.3 Å². The zero-order valence-corrected chi connectivity index (χ0v) is 14.8. The smallest absolute Gasteiger partial charge is 0.220 e. The van der Waals surface area contributed by atoms with Gasteiger partial charge < -0.3 is 10.6 Å². The lowest BCUT2D eigenvalue weighted by Crippen LogP contribution is -2.34. The molecule has 2 rings (SSSR count). The maximum atomic E-state index is 12.0. The lowest BCUT2D eigenvalue weighted by atomic mass is 9.99. The molecule has 0 radical (unpaired) electrons. The number of rotatable bonds is 6. The fourth-order valence-corrected chi connectivity index (χ4v) is 3.10. The molecule has 1 aliphatic rings. The summed E-state index contributed by atoms with van der Waals surface area (Å²) < 4.78 is 0. The van der Waals surface area contributed by atoms with Crippen LogP contribution in [0.2, 0.25) is 0 Å². The molecule has 2 atom stereocenters. The molecule has 22 heavy (non-hydrogen) atoms. The Kier molecular flexibility index (Phi) is 7.91. The van der Waals surface area contributed by atoms with Gasteiger partial charge in [-0.3, -0.25) is 4.79 Å². The van der Waals surface area contributed by atoms with Gasteiger partial charge in [0, 0.05) is 12.5 Å². The average Bonchev–Trinajstić information content (AvgIpc) is 2.93. The van der Waals surface area contributed by atoms with Crippen molar-refractivity contribution in [1.29, 1.82) is 0 Å². The molecule has 3 nitrogen and oxygen atoms in total. The van der Waals surface area contributed by atoms with E-state index in [9.17, 15) is 4.79 Å². The first kappa shape index (κ1) is 19.0. The van der Waals surface area contributed by atoms with Gasteiger partial charge in [-0.15, -0.1) is 12.4 Å². The van der Waals surface area contributed by atoms with Crippen molar-refractivity contribution in [2.45, 2.75) is 52.5 Å². The molecule has 124 valence electrons. The van der Waals surface area contributed by atoms with Crippen LogP contribution in [0.15, 0.2) is 18.2 Å². The summed E-state index contributed by atoms with van der Waals surface area (Å²) in [5.41, 5.74) is 3.93. The first-order valence-electron chi connectivity index (χ1n) is 8.11. The van der Waals surface area contributed by atoms with E-state index in [0.29, 0.717) is 12.3 Å². The summed E-state index contributed by atoms with van der Waals surface area (Å²) in [4.78, 5) is 12.0. The number of benzene rings is 1. The topological polar surface area (TPSA) is 41.1 Å². The molecule has 0 spiro atoms. The molecule has 0 saturated carbocycles. The minimum absolute atomic E-state index is 0. The summed E-state index contributed by atoms with van der Waals surface area (Å²) >= 11 is 0. The highest BCUT2D eigenvalue weighted by molar-refractivity contribution is 5.85. The number of amides is 1. The third-order valence-corrected chi connectivity index (χ3v) is 4.37. The lowest BCUT2D eigenvalue weighted by molar-refractivity contribution is -0.121.